The number of imide groups is 1. The van der Waals surface area contributed by atoms with Crippen LogP contribution in [-0.2, 0) is 14.4 Å². The standard InChI is InChI=1S/C29H29ClN2O5/c1-3-5-17-36-23-16-15-19(18-24(23)35-4-2)26-25-27(37-32(26)20-11-7-6-8-12-20)29(34)31(28(25)33)22-14-10-9-13-21(22)30/h6-16,18,25-27H,3-5,17H2,1-2H3. The molecule has 3 aromatic carbocycles. The molecule has 0 bridgehead atoms. The summed E-state index contributed by atoms with van der Waals surface area (Å²) in [5.74, 6) is -0.325. The van der Waals surface area contributed by atoms with Gasteiger partial charge < -0.3 is 9.47 Å². The normalized spacial score (nSPS) is 20.9. The second kappa shape index (κ2) is 10.8. The summed E-state index contributed by atoms with van der Waals surface area (Å²) in [6.45, 7) is 5.06. The zero-order valence-electron chi connectivity index (χ0n) is 20.8. The maximum atomic E-state index is 13.8. The third-order valence-electron chi connectivity index (χ3n) is 6.58. The number of hydrogen-bond donors (Lipinski definition) is 0. The third kappa shape index (κ3) is 4.65. The van der Waals surface area contributed by atoms with Gasteiger partial charge in [-0.15, -0.1) is 0 Å². The highest BCUT2D eigenvalue weighted by atomic mass is 35.5. The number of rotatable bonds is 9. The van der Waals surface area contributed by atoms with Gasteiger partial charge in [-0.3, -0.25) is 14.4 Å². The molecule has 8 heteroatoms. The molecule has 3 unspecified atom stereocenters. The second-order valence-electron chi connectivity index (χ2n) is 8.96. The maximum absolute atomic E-state index is 13.8. The van der Waals surface area contributed by atoms with Crippen LogP contribution in [0.25, 0.3) is 0 Å². The molecule has 2 aliphatic heterocycles. The summed E-state index contributed by atoms with van der Waals surface area (Å²) in [6, 6.07) is 21.4. The highest BCUT2D eigenvalue weighted by Crippen LogP contribution is 2.49. The molecular formula is C29H29ClN2O5. The molecule has 2 amide bonds. The Kier molecular flexibility index (Phi) is 7.35. The van der Waals surface area contributed by atoms with Gasteiger partial charge in [-0.1, -0.05) is 61.3 Å². The minimum Gasteiger partial charge on any atom is -0.490 e. The summed E-state index contributed by atoms with van der Waals surface area (Å²) in [5.41, 5.74) is 1.88. The number of amides is 2. The first-order valence-corrected chi connectivity index (χ1v) is 13.0. The van der Waals surface area contributed by atoms with Gasteiger partial charge >= 0.3 is 0 Å². The number of carbonyl (C=O) groups excluding carboxylic acids is 2. The van der Waals surface area contributed by atoms with Crippen molar-refractivity contribution in [2.45, 2.75) is 38.8 Å². The monoisotopic (exact) mass is 520 g/mol. The second-order valence-corrected chi connectivity index (χ2v) is 9.37. The van der Waals surface area contributed by atoms with E-state index in [-0.39, 0.29) is 5.91 Å². The molecule has 0 N–H and O–H groups in total. The lowest BCUT2D eigenvalue weighted by atomic mass is 9.90. The Hall–Kier alpha value is -3.55. The van der Waals surface area contributed by atoms with Crippen molar-refractivity contribution in [1.82, 2.24) is 0 Å². The Morgan fingerprint density at radius 1 is 0.892 bits per heavy atom. The first kappa shape index (κ1) is 25.1. The minimum absolute atomic E-state index is 0.327. The number of unbranched alkanes of at least 4 members (excludes halogenated alkanes) is 1. The maximum Gasteiger partial charge on any atom is 0.266 e. The summed E-state index contributed by atoms with van der Waals surface area (Å²) in [6.07, 6.45) is 0.975. The van der Waals surface area contributed by atoms with Crippen LogP contribution in [0, 0.1) is 5.92 Å². The van der Waals surface area contributed by atoms with E-state index < -0.39 is 24.0 Å². The largest absolute Gasteiger partial charge is 0.490 e. The molecule has 37 heavy (non-hydrogen) atoms. The van der Waals surface area contributed by atoms with Crippen LogP contribution in [0.2, 0.25) is 5.02 Å². The van der Waals surface area contributed by atoms with E-state index in [9.17, 15) is 9.59 Å². The third-order valence-corrected chi connectivity index (χ3v) is 6.90. The molecule has 192 valence electrons. The van der Waals surface area contributed by atoms with Gasteiger partial charge in [0.05, 0.1) is 35.7 Å². The van der Waals surface area contributed by atoms with Crippen molar-refractivity contribution in [1.29, 1.82) is 0 Å². The van der Waals surface area contributed by atoms with Crippen molar-refractivity contribution in [3.8, 4) is 11.5 Å². The number of benzene rings is 3. The number of para-hydroxylation sites is 2. The number of carbonyl (C=O) groups is 2. The van der Waals surface area contributed by atoms with Gasteiger partial charge in [0.1, 0.15) is 5.92 Å². The molecule has 0 aliphatic carbocycles. The molecule has 7 nitrogen and oxygen atoms in total. The van der Waals surface area contributed by atoms with Gasteiger partial charge in [0.25, 0.3) is 5.91 Å². The Morgan fingerprint density at radius 2 is 1.65 bits per heavy atom. The van der Waals surface area contributed by atoms with Crippen molar-refractivity contribution in [2.24, 2.45) is 5.92 Å². The van der Waals surface area contributed by atoms with Crippen molar-refractivity contribution in [3.63, 3.8) is 0 Å². The van der Waals surface area contributed by atoms with E-state index in [1.807, 2.05) is 55.5 Å². The lowest BCUT2D eigenvalue weighted by molar-refractivity contribution is -0.126. The highest BCUT2D eigenvalue weighted by Gasteiger charge is 2.60. The van der Waals surface area contributed by atoms with Crippen LogP contribution in [0.1, 0.15) is 38.3 Å². The van der Waals surface area contributed by atoms with E-state index in [0.717, 1.165) is 29.0 Å². The quantitative estimate of drug-likeness (QED) is 0.256. The van der Waals surface area contributed by atoms with E-state index in [1.165, 1.54) is 0 Å². The van der Waals surface area contributed by atoms with E-state index in [4.69, 9.17) is 25.9 Å². The van der Waals surface area contributed by atoms with Crippen molar-refractivity contribution in [2.75, 3.05) is 23.2 Å². The van der Waals surface area contributed by atoms with Crippen molar-refractivity contribution >= 4 is 34.8 Å². The lowest BCUT2D eigenvalue weighted by Gasteiger charge is -2.29. The van der Waals surface area contributed by atoms with Crippen LogP contribution >= 0.6 is 11.6 Å². The summed E-state index contributed by atoms with van der Waals surface area (Å²) in [7, 11) is 0. The number of fused-ring (bicyclic) bond motifs is 1. The van der Waals surface area contributed by atoms with Gasteiger partial charge in [0.15, 0.2) is 17.6 Å². The Labute approximate surface area is 221 Å². The SMILES string of the molecule is CCCCOc1ccc(C2C3C(=O)N(c4ccccc4Cl)C(=O)C3ON2c2ccccc2)cc1OCC. The molecule has 2 saturated heterocycles. The molecule has 3 atom stereocenters. The number of anilines is 2. The molecule has 0 saturated carbocycles. The van der Waals surface area contributed by atoms with Gasteiger partial charge in [0.2, 0.25) is 5.91 Å². The van der Waals surface area contributed by atoms with Gasteiger partial charge in [0, 0.05) is 0 Å². The Morgan fingerprint density at radius 3 is 2.38 bits per heavy atom. The number of halogens is 1. The van der Waals surface area contributed by atoms with E-state index in [0.29, 0.717) is 35.4 Å². The minimum atomic E-state index is -0.981. The van der Waals surface area contributed by atoms with Crippen LogP contribution in [-0.4, -0.2) is 31.1 Å². The molecule has 3 aromatic rings. The molecular weight excluding hydrogens is 492 g/mol. The summed E-state index contributed by atoms with van der Waals surface area (Å²) in [5, 5.41) is 1.99. The van der Waals surface area contributed by atoms with Crippen LogP contribution in [0.5, 0.6) is 11.5 Å². The number of ether oxygens (including phenoxy) is 2. The van der Waals surface area contributed by atoms with Crippen LogP contribution < -0.4 is 19.4 Å². The van der Waals surface area contributed by atoms with Crippen molar-refractivity contribution < 1.29 is 23.9 Å². The topological polar surface area (TPSA) is 68.3 Å². The fourth-order valence-electron chi connectivity index (χ4n) is 4.85. The molecule has 0 spiro atoms. The van der Waals surface area contributed by atoms with Gasteiger partial charge in [-0.2, -0.15) is 0 Å². The predicted octanol–water partition coefficient (Wildman–Crippen LogP) is 5.97. The van der Waals surface area contributed by atoms with E-state index >= 15 is 0 Å². The highest BCUT2D eigenvalue weighted by molar-refractivity contribution is 6.36. The van der Waals surface area contributed by atoms with Gasteiger partial charge in [-0.25, -0.2) is 9.96 Å². The molecule has 0 aromatic heterocycles. The van der Waals surface area contributed by atoms with E-state index in [1.54, 1.807) is 29.3 Å². The molecule has 0 radical (unpaired) electrons. The molecule has 5 rings (SSSR count). The predicted molar refractivity (Wildman–Crippen MR) is 142 cm³/mol. The smallest absolute Gasteiger partial charge is 0.266 e. The summed E-state index contributed by atoms with van der Waals surface area (Å²) >= 11 is 6.37. The van der Waals surface area contributed by atoms with Crippen LogP contribution in [0.15, 0.2) is 72.8 Å². The molecule has 2 aliphatic rings. The zero-order valence-corrected chi connectivity index (χ0v) is 21.6. The van der Waals surface area contributed by atoms with Crippen molar-refractivity contribution in [3.05, 3.63) is 83.4 Å². The number of hydroxylamine groups is 1. The average molecular weight is 521 g/mol. The zero-order chi connectivity index (χ0) is 25.9. The lowest BCUT2D eigenvalue weighted by Crippen LogP contribution is -2.37. The summed E-state index contributed by atoms with van der Waals surface area (Å²) in [4.78, 5) is 34.8. The fourth-order valence-corrected chi connectivity index (χ4v) is 5.07. The van der Waals surface area contributed by atoms with Crippen LogP contribution in [0.4, 0.5) is 11.4 Å². The molecule has 2 heterocycles. The Balaban J connectivity index is 1.56. The summed E-state index contributed by atoms with van der Waals surface area (Å²) < 4.78 is 11.9. The first-order valence-electron chi connectivity index (χ1n) is 12.6. The Bertz CT molecular complexity index is 1280. The number of nitrogens with zero attached hydrogens (tertiary/aromatic N) is 2. The van der Waals surface area contributed by atoms with E-state index in [2.05, 4.69) is 6.92 Å². The first-order chi connectivity index (χ1) is 18.0. The number of hydrogen-bond acceptors (Lipinski definition) is 6. The fraction of sp³-hybridized carbons (Fsp3) is 0.310. The van der Waals surface area contributed by atoms with Gasteiger partial charge in [-0.05, 0) is 55.3 Å². The van der Waals surface area contributed by atoms with Crippen LogP contribution in [0.3, 0.4) is 0 Å². The average Bonchev–Trinajstić information content (AvgIpc) is 3.42. The molecule has 2 fully saturated rings.